The summed E-state index contributed by atoms with van der Waals surface area (Å²) in [5, 5.41) is 0. The molecule has 1 aromatic rings. The fourth-order valence-electron chi connectivity index (χ4n) is 2.50. The molecule has 0 heterocycles. The summed E-state index contributed by atoms with van der Waals surface area (Å²) < 4.78 is 0. The maximum Gasteiger partial charge on any atom is 0.254 e. The van der Waals surface area contributed by atoms with Crippen LogP contribution in [0.4, 0.5) is 0 Å². The summed E-state index contributed by atoms with van der Waals surface area (Å²) in [4.78, 5) is 27.0. The molecule has 0 atom stereocenters. The van der Waals surface area contributed by atoms with E-state index in [0.29, 0.717) is 5.56 Å². The van der Waals surface area contributed by atoms with Crippen LogP contribution in [0.1, 0.15) is 34.3 Å². The number of hydrogen-bond donors (Lipinski definition) is 0. The number of aryl methyl sites for hydroxylation is 2. The Morgan fingerprint density at radius 1 is 1.05 bits per heavy atom. The molecule has 4 nitrogen and oxygen atoms in total. The average molecular weight is 274 g/mol. The first-order valence-corrected chi connectivity index (χ1v) is 7.06. The van der Waals surface area contributed by atoms with Crippen LogP contribution < -0.4 is 0 Å². The Morgan fingerprint density at radius 3 is 2.35 bits per heavy atom. The number of carbonyl (C=O) groups excluding carboxylic acids is 2. The van der Waals surface area contributed by atoms with Crippen LogP contribution in [0.2, 0.25) is 0 Å². The van der Waals surface area contributed by atoms with Crippen molar-refractivity contribution in [2.75, 3.05) is 27.7 Å². The van der Waals surface area contributed by atoms with E-state index < -0.39 is 0 Å². The highest BCUT2D eigenvalue weighted by atomic mass is 16.2. The zero-order valence-electron chi connectivity index (χ0n) is 12.5. The Labute approximate surface area is 120 Å². The SMILES string of the molecule is CN(C)C(=O)CN(C)C(=O)c1ccc2c(c1)CCCC2. The predicted octanol–water partition coefficient (Wildman–Crippen LogP) is 1.73. The van der Waals surface area contributed by atoms with Gasteiger partial charge >= 0.3 is 0 Å². The molecule has 0 unspecified atom stereocenters. The second-order valence-electron chi connectivity index (χ2n) is 5.64. The minimum absolute atomic E-state index is 0.0705. The van der Waals surface area contributed by atoms with Crippen molar-refractivity contribution in [3.05, 3.63) is 34.9 Å². The molecule has 1 aliphatic carbocycles. The minimum Gasteiger partial charge on any atom is -0.347 e. The van der Waals surface area contributed by atoms with Gasteiger partial charge in [0.2, 0.25) is 5.91 Å². The fourth-order valence-corrected chi connectivity index (χ4v) is 2.50. The first kappa shape index (κ1) is 14.6. The van der Waals surface area contributed by atoms with Gasteiger partial charge in [0.25, 0.3) is 5.91 Å². The van der Waals surface area contributed by atoms with Crippen molar-refractivity contribution in [3.8, 4) is 0 Å². The molecule has 0 saturated carbocycles. The normalized spacial score (nSPS) is 13.6. The lowest BCUT2D eigenvalue weighted by Gasteiger charge is -2.21. The maximum atomic E-state index is 12.3. The van der Waals surface area contributed by atoms with E-state index in [-0.39, 0.29) is 18.4 Å². The number of carbonyl (C=O) groups is 2. The number of amides is 2. The van der Waals surface area contributed by atoms with Gasteiger partial charge in [-0.2, -0.15) is 0 Å². The molecule has 108 valence electrons. The van der Waals surface area contributed by atoms with Crippen molar-refractivity contribution in [1.82, 2.24) is 9.80 Å². The van der Waals surface area contributed by atoms with Crippen LogP contribution in [-0.2, 0) is 17.6 Å². The van der Waals surface area contributed by atoms with Crippen LogP contribution >= 0.6 is 0 Å². The van der Waals surface area contributed by atoms with Crippen LogP contribution in [0.5, 0.6) is 0 Å². The first-order chi connectivity index (χ1) is 9.49. The quantitative estimate of drug-likeness (QED) is 0.842. The van der Waals surface area contributed by atoms with Crippen molar-refractivity contribution >= 4 is 11.8 Å². The summed E-state index contributed by atoms with van der Waals surface area (Å²) in [7, 11) is 5.06. The van der Waals surface area contributed by atoms with Gasteiger partial charge in [0.15, 0.2) is 0 Å². The van der Waals surface area contributed by atoms with E-state index in [1.807, 2.05) is 12.1 Å². The van der Waals surface area contributed by atoms with Crippen molar-refractivity contribution < 1.29 is 9.59 Å². The molecule has 0 radical (unpaired) electrons. The molecule has 0 N–H and O–H groups in total. The van der Waals surface area contributed by atoms with Gasteiger partial charge in [0.05, 0.1) is 6.54 Å². The molecule has 2 rings (SSSR count). The lowest BCUT2D eigenvalue weighted by atomic mass is 9.90. The molecule has 1 aromatic carbocycles. The number of rotatable bonds is 3. The van der Waals surface area contributed by atoms with Crippen molar-refractivity contribution in [2.45, 2.75) is 25.7 Å². The number of benzene rings is 1. The Bertz CT molecular complexity index is 523. The molecule has 0 bridgehead atoms. The summed E-state index contributed by atoms with van der Waals surface area (Å²) in [5.41, 5.74) is 3.33. The summed E-state index contributed by atoms with van der Waals surface area (Å²) >= 11 is 0. The number of hydrogen-bond acceptors (Lipinski definition) is 2. The highest BCUT2D eigenvalue weighted by Gasteiger charge is 2.18. The molecule has 0 spiro atoms. The maximum absolute atomic E-state index is 12.3. The van der Waals surface area contributed by atoms with E-state index in [1.54, 1.807) is 21.1 Å². The molecular weight excluding hydrogens is 252 g/mol. The van der Waals surface area contributed by atoms with Gasteiger partial charge in [-0.15, -0.1) is 0 Å². The van der Waals surface area contributed by atoms with Crippen LogP contribution in [0.15, 0.2) is 18.2 Å². The Kier molecular flexibility index (Phi) is 4.42. The Balaban J connectivity index is 2.10. The lowest BCUT2D eigenvalue weighted by Crippen LogP contribution is -2.37. The van der Waals surface area contributed by atoms with Gasteiger partial charge in [-0.1, -0.05) is 6.07 Å². The van der Waals surface area contributed by atoms with E-state index >= 15 is 0 Å². The minimum atomic E-state index is -0.0893. The summed E-state index contributed by atoms with van der Waals surface area (Å²) in [5.74, 6) is -0.160. The van der Waals surface area contributed by atoms with Crippen molar-refractivity contribution in [1.29, 1.82) is 0 Å². The van der Waals surface area contributed by atoms with Crippen molar-refractivity contribution in [2.24, 2.45) is 0 Å². The molecule has 1 aliphatic rings. The third-order valence-electron chi connectivity index (χ3n) is 3.81. The monoisotopic (exact) mass is 274 g/mol. The third-order valence-corrected chi connectivity index (χ3v) is 3.81. The van der Waals surface area contributed by atoms with E-state index in [1.165, 1.54) is 33.8 Å². The van der Waals surface area contributed by atoms with Gasteiger partial charge in [0.1, 0.15) is 0 Å². The predicted molar refractivity (Wildman–Crippen MR) is 78.7 cm³/mol. The van der Waals surface area contributed by atoms with E-state index in [9.17, 15) is 9.59 Å². The fraction of sp³-hybridized carbons (Fsp3) is 0.500. The number of fused-ring (bicyclic) bond motifs is 1. The second kappa shape index (κ2) is 6.07. The highest BCUT2D eigenvalue weighted by Crippen LogP contribution is 2.22. The molecule has 0 aromatic heterocycles. The second-order valence-corrected chi connectivity index (χ2v) is 5.64. The molecule has 0 aliphatic heterocycles. The van der Waals surface area contributed by atoms with Crippen LogP contribution in [-0.4, -0.2) is 49.3 Å². The van der Waals surface area contributed by atoms with Gasteiger partial charge < -0.3 is 9.80 Å². The summed E-state index contributed by atoms with van der Waals surface area (Å²) in [6.45, 7) is 0.114. The van der Waals surface area contributed by atoms with Gasteiger partial charge in [-0.05, 0) is 48.9 Å². The summed E-state index contributed by atoms with van der Waals surface area (Å²) in [6.07, 6.45) is 4.59. The van der Waals surface area contributed by atoms with Crippen LogP contribution in [0.3, 0.4) is 0 Å². The van der Waals surface area contributed by atoms with Crippen LogP contribution in [0, 0.1) is 0 Å². The number of nitrogens with zero attached hydrogens (tertiary/aromatic N) is 2. The molecule has 2 amide bonds. The standard InChI is InChI=1S/C16H22N2O2/c1-17(2)15(19)11-18(3)16(20)14-9-8-12-6-4-5-7-13(12)10-14/h8-10H,4-7,11H2,1-3H3. The van der Waals surface area contributed by atoms with Gasteiger partial charge in [-0.3, -0.25) is 9.59 Å². The first-order valence-electron chi connectivity index (χ1n) is 7.06. The van der Waals surface area contributed by atoms with Crippen LogP contribution in [0.25, 0.3) is 0 Å². The molecule has 0 saturated heterocycles. The lowest BCUT2D eigenvalue weighted by molar-refractivity contribution is -0.129. The third kappa shape index (κ3) is 3.18. The number of likely N-dealkylation sites (N-methyl/N-ethyl adjacent to an activating group) is 2. The molecule has 4 heteroatoms. The van der Waals surface area contributed by atoms with Crippen molar-refractivity contribution in [3.63, 3.8) is 0 Å². The zero-order chi connectivity index (χ0) is 14.7. The smallest absolute Gasteiger partial charge is 0.254 e. The zero-order valence-corrected chi connectivity index (χ0v) is 12.5. The van der Waals surface area contributed by atoms with E-state index in [2.05, 4.69) is 6.07 Å². The largest absolute Gasteiger partial charge is 0.347 e. The van der Waals surface area contributed by atoms with E-state index in [4.69, 9.17) is 0 Å². The topological polar surface area (TPSA) is 40.6 Å². The highest BCUT2D eigenvalue weighted by molar-refractivity contribution is 5.96. The summed E-state index contributed by atoms with van der Waals surface area (Å²) in [6, 6.07) is 5.93. The van der Waals surface area contributed by atoms with Gasteiger partial charge in [-0.25, -0.2) is 0 Å². The Hall–Kier alpha value is -1.84. The molecule has 20 heavy (non-hydrogen) atoms. The molecule has 0 fully saturated rings. The molecular formula is C16H22N2O2. The van der Waals surface area contributed by atoms with Gasteiger partial charge in [0, 0.05) is 26.7 Å². The average Bonchev–Trinajstić information content (AvgIpc) is 2.45. The van der Waals surface area contributed by atoms with E-state index in [0.717, 1.165) is 12.8 Å². The Morgan fingerprint density at radius 2 is 1.70 bits per heavy atom.